The number of ether oxygens (including phenoxy) is 2. The molecule has 0 atom stereocenters. The molecule has 1 aromatic rings. The first-order chi connectivity index (χ1) is 8.69. The van der Waals surface area contributed by atoms with Crippen LogP contribution in [-0.4, -0.2) is 39.4 Å². The van der Waals surface area contributed by atoms with Gasteiger partial charge in [0.15, 0.2) is 0 Å². The lowest BCUT2D eigenvalue weighted by Crippen LogP contribution is -2.31. The van der Waals surface area contributed by atoms with E-state index in [0.29, 0.717) is 24.4 Å². The maximum atomic E-state index is 11.5. The zero-order valence-electron chi connectivity index (χ0n) is 10.4. The molecule has 0 radical (unpaired) electrons. The van der Waals surface area contributed by atoms with Gasteiger partial charge in [-0.3, -0.25) is 0 Å². The quantitative estimate of drug-likeness (QED) is 0.610. The number of amides is 2. The highest BCUT2D eigenvalue weighted by molar-refractivity contribution is 6.00. The molecule has 1 aromatic carbocycles. The summed E-state index contributed by atoms with van der Waals surface area (Å²) in [4.78, 5) is 23.0. The standard InChI is InChI=1S/C12H16N2O4/c1-17-8-7-13-12(16)14-10-6-4-3-5-9(10)11(15)18-2/h3-6H,7-8H2,1-2H3,(H2,13,14,16). The van der Waals surface area contributed by atoms with E-state index in [0.717, 1.165) is 0 Å². The Balaban J connectivity index is 2.66. The highest BCUT2D eigenvalue weighted by Crippen LogP contribution is 2.15. The summed E-state index contributed by atoms with van der Waals surface area (Å²) in [6, 6.07) is 6.22. The van der Waals surface area contributed by atoms with Crippen LogP contribution in [0.1, 0.15) is 10.4 Å². The highest BCUT2D eigenvalue weighted by atomic mass is 16.5. The minimum atomic E-state index is -0.497. The van der Waals surface area contributed by atoms with Crippen molar-refractivity contribution in [2.45, 2.75) is 0 Å². The Bertz CT molecular complexity index is 420. The number of rotatable bonds is 5. The van der Waals surface area contributed by atoms with Crippen molar-refractivity contribution in [3.05, 3.63) is 29.8 Å². The van der Waals surface area contributed by atoms with Crippen molar-refractivity contribution in [1.82, 2.24) is 5.32 Å². The second-order valence-electron chi connectivity index (χ2n) is 3.41. The van der Waals surface area contributed by atoms with Crippen molar-refractivity contribution in [2.75, 3.05) is 32.7 Å². The maximum Gasteiger partial charge on any atom is 0.339 e. The molecule has 2 amide bonds. The van der Waals surface area contributed by atoms with Crippen LogP contribution in [-0.2, 0) is 9.47 Å². The first kappa shape index (κ1) is 14.0. The summed E-state index contributed by atoms with van der Waals surface area (Å²) in [6.07, 6.45) is 0. The van der Waals surface area contributed by atoms with Crippen molar-refractivity contribution >= 4 is 17.7 Å². The van der Waals surface area contributed by atoms with Crippen molar-refractivity contribution in [2.24, 2.45) is 0 Å². The molecule has 2 N–H and O–H groups in total. The number of para-hydroxylation sites is 1. The van der Waals surface area contributed by atoms with Gasteiger partial charge in [-0.25, -0.2) is 9.59 Å². The fourth-order valence-electron chi connectivity index (χ4n) is 1.31. The van der Waals surface area contributed by atoms with Gasteiger partial charge in [-0.2, -0.15) is 0 Å². The van der Waals surface area contributed by atoms with Gasteiger partial charge in [0.2, 0.25) is 0 Å². The molecular formula is C12H16N2O4. The smallest absolute Gasteiger partial charge is 0.339 e. The van der Waals surface area contributed by atoms with E-state index in [1.54, 1.807) is 31.4 Å². The van der Waals surface area contributed by atoms with Crippen LogP contribution in [0.25, 0.3) is 0 Å². The fraction of sp³-hybridized carbons (Fsp3) is 0.333. The third kappa shape index (κ3) is 4.06. The Hall–Kier alpha value is -2.08. The molecule has 0 aliphatic carbocycles. The first-order valence-electron chi connectivity index (χ1n) is 5.40. The molecule has 1 rings (SSSR count). The SMILES string of the molecule is COCCNC(=O)Nc1ccccc1C(=O)OC. The van der Waals surface area contributed by atoms with E-state index < -0.39 is 12.0 Å². The van der Waals surface area contributed by atoms with E-state index in [-0.39, 0.29) is 0 Å². The summed E-state index contributed by atoms with van der Waals surface area (Å²) in [6.45, 7) is 0.814. The molecule has 0 aromatic heterocycles. The molecule has 98 valence electrons. The summed E-state index contributed by atoms with van der Waals surface area (Å²) in [7, 11) is 2.84. The van der Waals surface area contributed by atoms with Crippen molar-refractivity contribution < 1.29 is 19.1 Å². The van der Waals surface area contributed by atoms with E-state index in [2.05, 4.69) is 15.4 Å². The number of methoxy groups -OCH3 is 2. The molecule has 18 heavy (non-hydrogen) atoms. The van der Waals surface area contributed by atoms with E-state index in [9.17, 15) is 9.59 Å². The number of esters is 1. The Labute approximate surface area is 105 Å². The van der Waals surface area contributed by atoms with Crippen LogP contribution in [0.3, 0.4) is 0 Å². The fourth-order valence-corrected chi connectivity index (χ4v) is 1.31. The minimum Gasteiger partial charge on any atom is -0.465 e. The third-order valence-electron chi connectivity index (χ3n) is 2.17. The molecule has 0 saturated carbocycles. The van der Waals surface area contributed by atoms with Crippen LogP contribution in [0.2, 0.25) is 0 Å². The molecule has 0 unspecified atom stereocenters. The topological polar surface area (TPSA) is 76.7 Å². The minimum absolute atomic E-state index is 0.307. The summed E-state index contributed by atoms with van der Waals surface area (Å²) in [5.41, 5.74) is 0.709. The second-order valence-corrected chi connectivity index (χ2v) is 3.41. The van der Waals surface area contributed by atoms with E-state index in [4.69, 9.17) is 4.74 Å². The number of hydrogen-bond donors (Lipinski definition) is 2. The predicted octanol–water partition coefficient (Wildman–Crippen LogP) is 1.24. The summed E-state index contributed by atoms with van der Waals surface area (Å²) in [5, 5.41) is 5.17. The highest BCUT2D eigenvalue weighted by Gasteiger charge is 2.12. The molecular weight excluding hydrogens is 236 g/mol. The molecule has 0 spiro atoms. The third-order valence-corrected chi connectivity index (χ3v) is 2.17. The number of benzene rings is 1. The lowest BCUT2D eigenvalue weighted by atomic mass is 10.2. The Morgan fingerprint density at radius 3 is 2.61 bits per heavy atom. The van der Waals surface area contributed by atoms with Gasteiger partial charge in [-0.1, -0.05) is 12.1 Å². The maximum absolute atomic E-state index is 11.5. The number of carbonyl (C=O) groups excluding carboxylic acids is 2. The number of carbonyl (C=O) groups is 2. The number of anilines is 1. The van der Waals surface area contributed by atoms with Gasteiger partial charge in [-0.15, -0.1) is 0 Å². The van der Waals surface area contributed by atoms with Gasteiger partial charge < -0.3 is 20.1 Å². The number of hydrogen-bond acceptors (Lipinski definition) is 4. The average Bonchev–Trinajstić information content (AvgIpc) is 2.39. The van der Waals surface area contributed by atoms with Crippen molar-refractivity contribution in [1.29, 1.82) is 0 Å². The summed E-state index contributed by atoms with van der Waals surface area (Å²) < 4.78 is 9.43. The molecule has 0 heterocycles. The Morgan fingerprint density at radius 1 is 1.22 bits per heavy atom. The van der Waals surface area contributed by atoms with Crippen molar-refractivity contribution in [3.8, 4) is 0 Å². The molecule has 0 saturated heterocycles. The number of nitrogens with one attached hydrogen (secondary N) is 2. The van der Waals surface area contributed by atoms with Crippen molar-refractivity contribution in [3.63, 3.8) is 0 Å². The lowest BCUT2D eigenvalue weighted by molar-refractivity contribution is 0.0602. The normalized spacial score (nSPS) is 9.67. The summed E-state index contributed by atoms with van der Waals surface area (Å²) >= 11 is 0. The first-order valence-corrected chi connectivity index (χ1v) is 5.40. The van der Waals surface area contributed by atoms with Gasteiger partial charge in [0.1, 0.15) is 0 Å². The van der Waals surface area contributed by atoms with Gasteiger partial charge in [-0.05, 0) is 12.1 Å². The largest absolute Gasteiger partial charge is 0.465 e. The van der Waals surface area contributed by atoms with E-state index in [1.165, 1.54) is 7.11 Å². The van der Waals surface area contributed by atoms with Crippen LogP contribution < -0.4 is 10.6 Å². The molecule has 0 aliphatic rings. The zero-order valence-corrected chi connectivity index (χ0v) is 10.4. The van der Waals surface area contributed by atoms with Crippen LogP contribution >= 0.6 is 0 Å². The molecule has 0 fully saturated rings. The number of urea groups is 1. The van der Waals surface area contributed by atoms with E-state index in [1.807, 2.05) is 0 Å². The van der Waals surface area contributed by atoms with Crippen LogP contribution in [0.5, 0.6) is 0 Å². The van der Waals surface area contributed by atoms with Gasteiger partial charge >= 0.3 is 12.0 Å². The Morgan fingerprint density at radius 2 is 1.94 bits per heavy atom. The second kappa shape index (κ2) is 7.29. The monoisotopic (exact) mass is 252 g/mol. The summed E-state index contributed by atoms with van der Waals surface area (Å²) in [5.74, 6) is -0.497. The van der Waals surface area contributed by atoms with Gasteiger partial charge in [0.05, 0.1) is 25.0 Å². The Kier molecular flexibility index (Phi) is 5.66. The van der Waals surface area contributed by atoms with Gasteiger partial charge in [0, 0.05) is 13.7 Å². The molecule has 6 nitrogen and oxygen atoms in total. The molecule has 6 heteroatoms. The zero-order chi connectivity index (χ0) is 13.4. The van der Waals surface area contributed by atoms with E-state index >= 15 is 0 Å². The molecule has 0 aliphatic heterocycles. The lowest BCUT2D eigenvalue weighted by Gasteiger charge is -2.10. The predicted molar refractivity (Wildman–Crippen MR) is 66.7 cm³/mol. The van der Waals surface area contributed by atoms with Gasteiger partial charge in [0.25, 0.3) is 0 Å². The molecule has 0 bridgehead atoms. The van der Waals surface area contributed by atoms with Crippen LogP contribution in [0.15, 0.2) is 24.3 Å². The average molecular weight is 252 g/mol. The van der Waals surface area contributed by atoms with Crippen LogP contribution in [0, 0.1) is 0 Å². The van der Waals surface area contributed by atoms with Crippen LogP contribution in [0.4, 0.5) is 10.5 Å².